The van der Waals surface area contributed by atoms with Crippen molar-refractivity contribution in [1.29, 1.82) is 0 Å². The summed E-state index contributed by atoms with van der Waals surface area (Å²) < 4.78 is 24.5. The van der Waals surface area contributed by atoms with Gasteiger partial charge in [0.25, 0.3) is 11.8 Å². The monoisotopic (exact) mass is 394 g/mol. The highest BCUT2D eigenvalue weighted by atomic mass is 35.5. The predicted molar refractivity (Wildman–Crippen MR) is 99.9 cm³/mol. The first kappa shape index (κ1) is 20.5. The molecule has 0 fully saturated rings. The minimum atomic E-state index is -0.703. The highest BCUT2D eigenvalue weighted by Gasteiger charge is 2.15. The van der Waals surface area contributed by atoms with E-state index in [0.717, 1.165) is 6.07 Å². The van der Waals surface area contributed by atoms with E-state index in [1.54, 1.807) is 18.2 Å². The van der Waals surface area contributed by atoms with Crippen LogP contribution in [0.3, 0.4) is 0 Å². The lowest BCUT2D eigenvalue weighted by atomic mass is 10.2. The first-order valence-electron chi connectivity index (χ1n) is 8.36. The first-order chi connectivity index (χ1) is 13.0. The van der Waals surface area contributed by atoms with Crippen LogP contribution in [-0.4, -0.2) is 38.1 Å². The van der Waals surface area contributed by atoms with Crippen molar-refractivity contribution in [3.8, 4) is 11.5 Å². The summed E-state index contributed by atoms with van der Waals surface area (Å²) in [5.41, 5.74) is -0.221. The standard InChI is InChI=1S/C19H20ClFN2O4/c1-2-26-15-8-3-4-9-16(15)27-12-17(24)22-10-11-23-19(25)18-13(20)6-5-7-14(18)21/h3-9H,2,10-12H2,1H3,(H,22,24)(H,23,25). The topological polar surface area (TPSA) is 76.7 Å². The molecule has 0 heterocycles. The van der Waals surface area contributed by atoms with Crippen LogP contribution in [0, 0.1) is 5.82 Å². The van der Waals surface area contributed by atoms with Gasteiger partial charge in [0.2, 0.25) is 0 Å². The Morgan fingerprint density at radius 3 is 2.33 bits per heavy atom. The molecule has 2 aromatic carbocycles. The number of amides is 2. The molecule has 27 heavy (non-hydrogen) atoms. The quantitative estimate of drug-likeness (QED) is 0.641. The number of ether oxygens (including phenoxy) is 2. The van der Waals surface area contributed by atoms with Gasteiger partial charge in [-0.25, -0.2) is 4.39 Å². The molecule has 0 radical (unpaired) electrons. The summed E-state index contributed by atoms with van der Waals surface area (Å²) in [6.45, 7) is 2.42. The van der Waals surface area contributed by atoms with Gasteiger partial charge in [0, 0.05) is 13.1 Å². The van der Waals surface area contributed by atoms with E-state index in [1.807, 2.05) is 13.0 Å². The van der Waals surface area contributed by atoms with Crippen LogP contribution in [0.5, 0.6) is 11.5 Å². The van der Waals surface area contributed by atoms with Gasteiger partial charge in [-0.15, -0.1) is 0 Å². The normalized spacial score (nSPS) is 10.2. The minimum absolute atomic E-state index is 0.0258. The molecule has 6 nitrogen and oxygen atoms in total. The van der Waals surface area contributed by atoms with Gasteiger partial charge in [-0.2, -0.15) is 0 Å². The average molecular weight is 395 g/mol. The number of carbonyl (C=O) groups excluding carboxylic acids is 2. The van der Waals surface area contributed by atoms with E-state index in [9.17, 15) is 14.0 Å². The number of rotatable bonds is 9. The summed E-state index contributed by atoms with van der Waals surface area (Å²) in [6.07, 6.45) is 0. The maximum atomic E-state index is 13.6. The molecular weight excluding hydrogens is 375 g/mol. The largest absolute Gasteiger partial charge is 0.490 e. The van der Waals surface area contributed by atoms with Gasteiger partial charge in [-0.05, 0) is 31.2 Å². The lowest BCUT2D eigenvalue weighted by molar-refractivity contribution is -0.123. The van der Waals surface area contributed by atoms with E-state index in [-0.39, 0.29) is 36.2 Å². The van der Waals surface area contributed by atoms with Gasteiger partial charge >= 0.3 is 0 Å². The molecule has 8 heteroatoms. The van der Waals surface area contributed by atoms with Crippen LogP contribution in [0.25, 0.3) is 0 Å². The molecule has 0 aromatic heterocycles. The Balaban J connectivity index is 1.73. The van der Waals surface area contributed by atoms with Crippen molar-refractivity contribution < 1.29 is 23.5 Å². The smallest absolute Gasteiger partial charge is 0.258 e. The lowest BCUT2D eigenvalue weighted by Crippen LogP contribution is -2.37. The molecule has 2 N–H and O–H groups in total. The Labute approximate surface area is 161 Å². The zero-order valence-corrected chi connectivity index (χ0v) is 15.5. The molecule has 0 unspecified atom stereocenters. The first-order valence-corrected chi connectivity index (χ1v) is 8.74. The Kier molecular flexibility index (Phi) is 7.88. The van der Waals surface area contributed by atoms with Crippen molar-refractivity contribution >= 4 is 23.4 Å². The van der Waals surface area contributed by atoms with E-state index in [0.29, 0.717) is 18.1 Å². The molecule has 0 spiro atoms. The number of para-hydroxylation sites is 2. The van der Waals surface area contributed by atoms with E-state index < -0.39 is 11.7 Å². The number of halogens is 2. The molecule has 0 aliphatic rings. The van der Waals surface area contributed by atoms with E-state index >= 15 is 0 Å². The lowest BCUT2D eigenvalue weighted by Gasteiger charge is -2.12. The van der Waals surface area contributed by atoms with Crippen molar-refractivity contribution in [2.24, 2.45) is 0 Å². The SMILES string of the molecule is CCOc1ccccc1OCC(=O)NCCNC(=O)c1c(F)cccc1Cl. The number of nitrogens with one attached hydrogen (secondary N) is 2. The molecule has 2 rings (SSSR count). The number of carbonyl (C=O) groups is 2. The Morgan fingerprint density at radius 2 is 1.67 bits per heavy atom. The summed E-state index contributed by atoms with van der Waals surface area (Å²) in [5, 5.41) is 5.12. The third kappa shape index (κ3) is 6.14. The summed E-state index contributed by atoms with van der Waals surface area (Å²) in [4.78, 5) is 23.8. The summed E-state index contributed by atoms with van der Waals surface area (Å²) in [6, 6.07) is 11.0. The molecule has 0 bridgehead atoms. The molecule has 0 aliphatic heterocycles. The predicted octanol–water partition coefficient (Wildman–Crippen LogP) is 2.80. The van der Waals surface area contributed by atoms with Crippen molar-refractivity contribution in [2.45, 2.75) is 6.92 Å². The molecule has 144 valence electrons. The van der Waals surface area contributed by atoms with Crippen LogP contribution in [0.1, 0.15) is 17.3 Å². The van der Waals surface area contributed by atoms with Crippen molar-refractivity contribution in [1.82, 2.24) is 10.6 Å². The Morgan fingerprint density at radius 1 is 1.00 bits per heavy atom. The molecular formula is C19H20ClFN2O4. The second-order valence-electron chi connectivity index (χ2n) is 5.37. The Hall–Kier alpha value is -2.80. The minimum Gasteiger partial charge on any atom is -0.490 e. The molecule has 0 atom stereocenters. The summed E-state index contributed by atoms with van der Waals surface area (Å²) >= 11 is 5.82. The van der Waals surface area contributed by atoms with Gasteiger partial charge in [-0.1, -0.05) is 29.8 Å². The van der Waals surface area contributed by atoms with Crippen LogP contribution in [0.4, 0.5) is 4.39 Å². The van der Waals surface area contributed by atoms with Crippen LogP contribution in [0.15, 0.2) is 42.5 Å². The van der Waals surface area contributed by atoms with E-state index in [4.69, 9.17) is 21.1 Å². The van der Waals surface area contributed by atoms with Crippen LogP contribution < -0.4 is 20.1 Å². The molecule has 0 saturated heterocycles. The van der Waals surface area contributed by atoms with Crippen molar-refractivity contribution in [3.63, 3.8) is 0 Å². The van der Waals surface area contributed by atoms with Gasteiger partial charge < -0.3 is 20.1 Å². The molecule has 0 aliphatic carbocycles. The second-order valence-corrected chi connectivity index (χ2v) is 5.78. The maximum Gasteiger partial charge on any atom is 0.258 e. The number of hydrogen-bond donors (Lipinski definition) is 2. The third-order valence-corrected chi connectivity index (χ3v) is 3.75. The second kappa shape index (κ2) is 10.4. The van der Waals surface area contributed by atoms with Gasteiger partial charge in [0.1, 0.15) is 5.82 Å². The van der Waals surface area contributed by atoms with Crippen molar-refractivity contribution in [3.05, 3.63) is 58.9 Å². The number of hydrogen-bond acceptors (Lipinski definition) is 4. The van der Waals surface area contributed by atoms with Crippen molar-refractivity contribution in [2.75, 3.05) is 26.3 Å². The van der Waals surface area contributed by atoms with Gasteiger partial charge in [-0.3, -0.25) is 9.59 Å². The molecule has 2 aromatic rings. The average Bonchev–Trinajstić information content (AvgIpc) is 2.64. The fraction of sp³-hybridized carbons (Fsp3) is 0.263. The maximum absolute atomic E-state index is 13.6. The fourth-order valence-electron chi connectivity index (χ4n) is 2.22. The zero-order valence-electron chi connectivity index (χ0n) is 14.8. The fourth-order valence-corrected chi connectivity index (χ4v) is 2.47. The molecule has 2 amide bonds. The van der Waals surface area contributed by atoms with Crippen LogP contribution in [-0.2, 0) is 4.79 Å². The van der Waals surface area contributed by atoms with E-state index in [2.05, 4.69) is 10.6 Å². The molecule has 0 saturated carbocycles. The van der Waals surface area contributed by atoms with Gasteiger partial charge in [0.05, 0.1) is 17.2 Å². The Bertz CT molecular complexity index is 781. The third-order valence-electron chi connectivity index (χ3n) is 3.43. The highest BCUT2D eigenvalue weighted by Crippen LogP contribution is 2.26. The van der Waals surface area contributed by atoms with E-state index in [1.165, 1.54) is 12.1 Å². The highest BCUT2D eigenvalue weighted by molar-refractivity contribution is 6.33. The zero-order chi connectivity index (χ0) is 19.6. The van der Waals surface area contributed by atoms with Crippen LogP contribution in [0.2, 0.25) is 5.02 Å². The summed E-state index contributed by atoms with van der Waals surface area (Å²) in [7, 11) is 0. The van der Waals surface area contributed by atoms with Gasteiger partial charge in [0.15, 0.2) is 18.1 Å². The van der Waals surface area contributed by atoms with Crippen LogP contribution >= 0.6 is 11.6 Å². The summed E-state index contributed by atoms with van der Waals surface area (Å²) in [5.74, 6) is -0.682. The number of benzene rings is 2.